The molecule has 228 valence electrons. The highest BCUT2D eigenvalue weighted by Crippen LogP contribution is 2.28. The Morgan fingerprint density at radius 3 is 1.84 bits per heavy atom. The normalized spacial score (nSPS) is 10.6. The first kappa shape index (κ1) is 30.9. The van der Waals surface area contributed by atoms with Crippen LogP contribution in [0, 0.1) is 0 Å². The van der Waals surface area contributed by atoms with Crippen LogP contribution in [0.15, 0.2) is 127 Å². The van der Waals surface area contributed by atoms with Gasteiger partial charge in [-0.15, -0.1) is 0 Å². The average molecular weight is 602 g/mol. The Morgan fingerprint density at radius 2 is 1.18 bits per heavy atom. The Labute approximate surface area is 263 Å². The lowest BCUT2D eigenvalue weighted by Crippen LogP contribution is -2.27. The van der Waals surface area contributed by atoms with Crippen molar-refractivity contribution in [3.8, 4) is 17.2 Å². The topological polar surface area (TPSA) is 94.1 Å². The van der Waals surface area contributed by atoms with E-state index in [-0.39, 0.29) is 25.5 Å². The Kier molecular flexibility index (Phi) is 10.8. The van der Waals surface area contributed by atoms with E-state index in [4.69, 9.17) is 19.3 Å². The summed E-state index contributed by atoms with van der Waals surface area (Å²) in [6.07, 6.45) is 0.265. The van der Waals surface area contributed by atoms with Gasteiger partial charge in [0.1, 0.15) is 37.1 Å². The molecule has 7 heteroatoms. The SMILES string of the molecule is O=C(O)CCNC(=O)c1cccc(OCc2cccc(OCc3ccccc3)c2)c1Cc1ccc(OCc2ccccc2)cc1. The smallest absolute Gasteiger partial charge is 0.305 e. The van der Waals surface area contributed by atoms with Gasteiger partial charge in [-0.25, -0.2) is 0 Å². The first-order chi connectivity index (χ1) is 22.0. The standard InChI is InChI=1S/C38H35NO6/c40-37(41)21-22-39-38(42)34-15-8-16-36(45-27-31-13-7-14-33(23-31)44-26-30-11-5-2-6-12-30)35(34)24-28-17-19-32(20-18-28)43-25-29-9-3-1-4-10-29/h1-20,23H,21-22,24-27H2,(H,39,42)(H,40,41). The number of hydrogen-bond donors (Lipinski definition) is 2. The van der Waals surface area contributed by atoms with E-state index in [1.807, 2.05) is 115 Å². The van der Waals surface area contributed by atoms with Crippen LogP contribution in [0.1, 0.15) is 44.6 Å². The molecule has 0 saturated carbocycles. The molecule has 2 N–H and O–H groups in total. The third-order valence-corrected chi connectivity index (χ3v) is 7.10. The summed E-state index contributed by atoms with van der Waals surface area (Å²) in [5.74, 6) is 0.725. The number of carboxylic acid groups (broad SMARTS) is 1. The molecule has 0 aliphatic rings. The number of nitrogens with one attached hydrogen (secondary N) is 1. The van der Waals surface area contributed by atoms with Crippen molar-refractivity contribution in [2.75, 3.05) is 6.54 Å². The van der Waals surface area contributed by atoms with Gasteiger partial charge in [0, 0.05) is 24.1 Å². The molecule has 0 saturated heterocycles. The molecule has 0 radical (unpaired) electrons. The van der Waals surface area contributed by atoms with Gasteiger partial charge in [-0.1, -0.05) is 91.0 Å². The van der Waals surface area contributed by atoms with Gasteiger partial charge in [-0.05, 0) is 58.7 Å². The van der Waals surface area contributed by atoms with Crippen molar-refractivity contribution in [2.24, 2.45) is 0 Å². The summed E-state index contributed by atoms with van der Waals surface area (Å²) in [6.45, 7) is 1.23. The summed E-state index contributed by atoms with van der Waals surface area (Å²) in [4.78, 5) is 24.2. The Morgan fingerprint density at radius 1 is 0.578 bits per heavy atom. The number of hydrogen-bond acceptors (Lipinski definition) is 5. The summed E-state index contributed by atoms with van der Waals surface area (Å²) >= 11 is 0. The van der Waals surface area contributed by atoms with Crippen LogP contribution in [-0.2, 0) is 31.0 Å². The number of carbonyl (C=O) groups is 2. The molecule has 0 atom stereocenters. The molecule has 1 amide bonds. The van der Waals surface area contributed by atoms with E-state index < -0.39 is 5.97 Å². The second-order valence-corrected chi connectivity index (χ2v) is 10.5. The molecule has 5 aromatic rings. The molecular weight excluding hydrogens is 566 g/mol. The van der Waals surface area contributed by atoms with E-state index in [1.54, 1.807) is 12.1 Å². The van der Waals surface area contributed by atoms with Crippen molar-refractivity contribution >= 4 is 11.9 Å². The van der Waals surface area contributed by atoms with Gasteiger partial charge >= 0.3 is 5.97 Å². The lowest BCUT2D eigenvalue weighted by atomic mass is 9.98. The third-order valence-electron chi connectivity index (χ3n) is 7.10. The molecule has 0 fully saturated rings. The molecular formula is C38H35NO6. The minimum Gasteiger partial charge on any atom is -0.489 e. The fourth-order valence-corrected chi connectivity index (χ4v) is 4.75. The molecule has 0 aliphatic heterocycles. The van der Waals surface area contributed by atoms with E-state index >= 15 is 0 Å². The number of carboxylic acids is 1. The number of carbonyl (C=O) groups excluding carboxylic acids is 1. The van der Waals surface area contributed by atoms with Crippen LogP contribution in [0.3, 0.4) is 0 Å². The molecule has 7 nitrogen and oxygen atoms in total. The lowest BCUT2D eigenvalue weighted by molar-refractivity contribution is -0.136. The molecule has 0 heterocycles. The molecule has 5 rings (SSSR count). The van der Waals surface area contributed by atoms with E-state index in [9.17, 15) is 9.59 Å². The van der Waals surface area contributed by atoms with Gasteiger partial charge in [0.15, 0.2) is 0 Å². The van der Waals surface area contributed by atoms with Crippen LogP contribution in [0.2, 0.25) is 0 Å². The minimum atomic E-state index is -0.975. The zero-order chi connectivity index (χ0) is 31.3. The number of amides is 1. The van der Waals surface area contributed by atoms with E-state index in [0.29, 0.717) is 36.5 Å². The van der Waals surface area contributed by atoms with Crippen LogP contribution in [0.4, 0.5) is 0 Å². The Balaban J connectivity index is 1.30. The predicted octanol–water partition coefficient (Wildman–Crippen LogP) is 7.22. The summed E-state index contributed by atoms with van der Waals surface area (Å²) in [5, 5.41) is 11.7. The van der Waals surface area contributed by atoms with Gasteiger partial charge in [-0.3, -0.25) is 9.59 Å². The summed E-state index contributed by atoms with van der Waals surface area (Å²) in [5.41, 5.74) is 5.19. The van der Waals surface area contributed by atoms with E-state index in [1.165, 1.54) is 0 Å². The van der Waals surface area contributed by atoms with Crippen molar-refractivity contribution in [2.45, 2.75) is 32.7 Å². The second-order valence-electron chi connectivity index (χ2n) is 10.5. The van der Waals surface area contributed by atoms with Gasteiger partial charge in [-0.2, -0.15) is 0 Å². The van der Waals surface area contributed by atoms with Crippen LogP contribution >= 0.6 is 0 Å². The maximum absolute atomic E-state index is 13.2. The third kappa shape index (κ3) is 9.46. The van der Waals surface area contributed by atoms with Gasteiger partial charge in [0.2, 0.25) is 0 Å². The van der Waals surface area contributed by atoms with Gasteiger partial charge in [0.05, 0.1) is 6.42 Å². The first-order valence-electron chi connectivity index (χ1n) is 14.8. The van der Waals surface area contributed by atoms with Gasteiger partial charge in [0.25, 0.3) is 5.91 Å². The Bertz CT molecular complexity index is 1690. The molecule has 0 spiro atoms. The predicted molar refractivity (Wildman–Crippen MR) is 173 cm³/mol. The van der Waals surface area contributed by atoms with E-state index in [2.05, 4.69) is 5.32 Å². The van der Waals surface area contributed by atoms with Crippen LogP contribution in [0.5, 0.6) is 17.2 Å². The Hall–Kier alpha value is -5.56. The summed E-state index contributed by atoms with van der Waals surface area (Å²) < 4.78 is 18.2. The maximum atomic E-state index is 13.2. The fraction of sp³-hybridized carbons (Fsp3) is 0.158. The number of benzene rings is 5. The molecule has 0 aliphatic carbocycles. The zero-order valence-electron chi connectivity index (χ0n) is 24.9. The maximum Gasteiger partial charge on any atom is 0.305 e. The quantitative estimate of drug-likeness (QED) is 0.132. The van der Waals surface area contributed by atoms with Gasteiger partial charge < -0.3 is 24.6 Å². The molecule has 45 heavy (non-hydrogen) atoms. The second kappa shape index (κ2) is 15.8. The molecule has 0 bridgehead atoms. The average Bonchev–Trinajstić information content (AvgIpc) is 3.07. The largest absolute Gasteiger partial charge is 0.489 e. The number of aliphatic carboxylic acids is 1. The van der Waals surface area contributed by atoms with Crippen molar-refractivity contribution in [3.05, 3.63) is 161 Å². The number of ether oxygens (including phenoxy) is 3. The minimum absolute atomic E-state index is 0.0297. The van der Waals surface area contributed by atoms with Crippen molar-refractivity contribution < 1.29 is 28.9 Å². The zero-order valence-corrected chi connectivity index (χ0v) is 24.9. The number of rotatable bonds is 15. The van der Waals surface area contributed by atoms with Crippen LogP contribution in [0.25, 0.3) is 0 Å². The van der Waals surface area contributed by atoms with Crippen LogP contribution < -0.4 is 19.5 Å². The highest BCUT2D eigenvalue weighted by molar-refractivity contribution is 5.96. The fourth-order valence-electron chi connectivity index (χ4n) is 4.75. The summed E-state index contributed by atoms with van der Waals surface area (Å²) in [7, 11) is 0. The molecule has 0 unspecified atom stereocenters. The first-order valence-corrected chi connectivity index (χ1v) is 14.8. The van der Waals surface area contributed by atoms with Crippen LogP contribution in [-0.4, -0.2) is 23.5 Å². The lowest BCUT2D eigenvalue weighted by Gasteiger charge is -2.17. The van der Waals surface area contributed by atoms with Crippen molar-refractivity contribution in [3.63, 3.8) is 0 Å². The van der Waals surface area contributed by atoms with Crippen molar-refractivity contribution in [1.82, 2.24) is 5.32 Å². The highest BCUT2D eigenvalue weighted by Gasteiger charge is 2.17. The molecule has 5 aromatic carbocycles. The monoisotopic (exact) mass is 601 g/mol. The van der Waals surface area contributed by atoms with Crippen molar-refractivity contribution in [1.29, 1.82) is 0 Å². The van der Waals surface area contributed by atoms with E-state index in [0.717, 1.165) is 33.8 Å². The molecule has 0 aromatic heterocycles. The highest BCUT2D eigenvalue weighted by atomic mass is 16.5. The summed E-state index contributed by atoms with van der Waals surface area (Å²) in [6, 6.07) is 40.8.